The van der Waals surface area contributed by atoms with Crippen molar-refractivity contribution in [2.24, 2.45) is 11.1 Å². The molecule has 1 aromatic heterocycles. The van der Waals surface area contributed by atoms with E-state index in [4.69, 9.17) is 5.73 Å². The number of halogens is 1. The summed E-state index contributed by atoms with van der Waals surface area (Å²) in [6.45, 7) is 7.81. The normalized spacial score (nSPS) is 29.5. The highest BCUT2D eigenvalue weighted by Gasteiger charge is 2.40. The van der Waals surface area contributed by atoms with Crippen LogP contribution in [-0.2, 0) is 4.79 Å². The first-order chi connectivity index (χ1) is 10.5. The summed E-state index contributed by atoms with van der Waals surface area (Å²) in [4.78, 5) is 18.7. The van der Waals surface area contributed by atoms with Crippen LogP contribution < -0.4 is 5.73 Å². The third-order valence-electron chi connectivity index (χ3n) is 5.39. The van der Waals surface area contributed by atoms with Gasteiger partial charge in [0.1, 0.15) is 0 Å². The molecule has 23 heavy (non-hydrogen) atoms. The average molecular weight is 358 g/mol. The second-order valence-electron chi connectivity index (χ2n) is 7.12. The lowest BCUT2D eigenvalue weighted by Crippen LogP contribution is -2.46. The van der Waals surface area contributed by atoms with E-state index in [-0.39, 0.29) is 29.8 Å². The summed E-state index contributed by atoms with van der Waals surface area (Å²) < 4.78 is 0. The zero-order chi connectivity index (χ0) is 15.7. The molecule has 130 valence electrons. The van der Waals surface area contributed by atoms with E-state index in [1.54, 1.807) is 11.3 Å². The number of thiophene rings is 1. The van der Waals surface area contributed by atoms with Crippen molar-refractivity contribution in [2.75, 3.05) is 26.2 Å². The van der Waals surface area contributed by atoms with Gasteiger partial charge in [-0.1, -0.05) is 13.0 Å². The Morgan fingerprint density at radius 1 is 1.52 bits per heavy atom. The molecule has 1 aromatic rings. The fourth-order valence-electron chi connectivity index (χ4n) is 3.76. The van der Waals surface area contributed by atoms with E-state index in [2.05, 4.69) is 41.2 Å². The molecule has 2 aliphatic rings. The number of rotatable bonds is 4. The first kappa shape index (κ1) is 18.7. The van der Waals surface area contributed by atoms with E-state index >= 15 is 0 Å². The minimum Gasteiger partial charge on any atom is -0.333 e. The van der Waals surface area contributed by atoms with Gasteiger partial charge in [0.2, 0.25) is 5.91 Å². The highest BCUT2D eigenvalue weighted by atomic mass is 35.5. The number of carbonyl (C=O) groups excluding carboxylic acids is 1. The predicted octanol–water partition coefficient (Wildman–Crippen LogP) is 2.89. The molecule has 6 heteroatoms. The molecule has 1 amide bonds. The number of amides is 1. The number of hydrogen-bond donors (Lipinski definition) is 1. The molecule has 0 saturated carbocycles. The van der Waals surface area contributed by atoms with Crippen molar-refractivity contribution in [2.45, 2.75) is 45.2 Å². The fraction of sp³-hybridized carbons (Fsp3) is 0.706. The van der Waals surface area contributed by atoms with Gasteiger partial charge in [0.15, 0.2) is 0 Å². The van der Waals surface area contributed by atoms with Crippen LogP contribution in [0.5, 0.6) is 0 Å². The molecule has 2 saturated heterocycles. The predicted molar refractivity (Wildman–Crippen MR) is 98.1 cm³/mol. The first-order valence-electron chi connectivity index (χ1n) is 8.32. The molecule has 3 unspecified atom stereocenters. The summed E-state index contributed by atoms with van der Waals surface area (Å²) in [6, 6.07) is 4.50. The van der Waals surface area contributed by atoms with Crippen LogP contribution in [-0.4, -0.2) is 47.9 Å². The second-order valence-corrected chi connectivity index (χ2v) is 8.10. The summed E-state index contributed by atoms with van der Waals surface area (Å²) in [5.41, 5.74) is 6.07. The van der Waals surface area contributed by atoms with Crippen molar-refractivity contribution in [3.05, 3.63) is 22.4 Å². The monoisotopic (exact) mass is 357 g/mol. The topological polar surface area (TPSA) is 49.6 Å². The summed E-state index contributed by atoms with van der Waals surface area (Å²) in [6.07, 6.45) is 3.30. The lowest BCUT2D eigenvalue weighted by Gasteiger charge is -2.32. The van der Waals surface area contributed by atoms with E-state index < -0.39 is 0 Å². The van der Waals surface area contributed by atoms with Crippen molar-refractivity contribution < 1.29 is 4.79 Å². The summed E-state index contributed by atoms with van der Waals surface area (Å²) >= 11 is 1.76. The van der Waals surface area contributed by atoms with Gasteiger partial charge in [-0.05, 0) is 56.1 Å². The lowest BCUT2D eigenvalue weighted by atomic mass is 9.90. The molecular formula is C17H28ClN3OS. The molecule has 4 nitrogen and oxygen atoms in total. The Kier molecular flexibility index (Phi) is 6.11. The Hall–Kier alpha value is -0.620. The first-order valence-corrected chi connectivity index (χ1v) is 9.20. The molecule has 3 rings (SSSR count). The highest BCUT2D eigenvalue weighted by molar-refractivity contribution is 7.10. The van der Waals surface area contributed by atoms with E-state index in [9.17, 15) is 4.79 Å². The molecular weight excluding hydrogens is 330 g/mol. The van der Waals surface area contributed by atoms with Crippen molar-refractivity contribution in [3.63, 3.8) is 0 Å². The highest BCUT2D eigenvalue weighted by Crippen LogP contribution is 2.36. The zero-order valence-electron chi connectivity index (χ0n) is 14.0. The van der Waals surface area contributed by atoms with Crippen LogP contribution in [0.15, 0.2) is 17.5 Å². The Morgan fingerprint density at radius 3 is 2.91 bits per heavy atom. The Bertz CT molecular complexity index is 524. The number of nitrogens with zero attached hydrogens (tertiary/aromatic N) is 2. The van der Waals surface area contributed by atoms with E-state index in [1.165, 1.54) is 4.88 Å². The number of carbonyl (C=O) groups is 1. The van der Waals surface area contributed by atoms with E-state index in [0.29, 0.717) is 12.6 Å². The maximum absolute atomic E-state index is 13.0. The van der Waals surface area contributed by atoms with Crippen LogP contribution >= 0.6 is 23.7 Å². The fourth-order valence-corrected chi connectivity index (χ4v) is 4.64. The molecule has 2 fully saturated rings. The molecule has 0 spiro atoms. The second kappa shape index (κ2) is 7.51. The van der Waals surface area contributed by atoms with Crippen LogP contribution in [0.2, 0.25) is 0 Å². The average Bonchev–Trinajstić information content (AvgIpc) is 3.25. The van der Waals surface area contributed by atoms with Crippen LogP contribution in [0.4, 0.5) is 0 Å². The summed E-state index contributed by atoms with van der Waals surface area (Å²) in [5.74, 6) is 0.289. The molecule has 3 atom stereocenters. The maximum atomic E-state index is 13.0. The molecule has 3 heterocycles. The lowest BCUT2D eigenvalue weighted by molar-refractivity contribution is -0.137. The molecule has 0 aromatic carbocycles. The quantitative estimate of drug-likeness (QED) is 0.901. The summed E-state index contributed by atoms with van der Waals surface area (Å²) in [5, 5.41) is 2.10. The third kappa shape index (κ3) is 3.73. The largest absolute Gasteiger partial charge is 0.333 e. The van der Waals surface area contributed by atoms with Gasteiger partial charge in [0.05, 0.1) is 12.1 Å². The maximum Gasteiger partial charge on any atom is 0.240 e. The van der Waals surface area contributed by atoms with Crippen molar-refractivity contribution in [1.82, 2.24) is 9.80 Å². The Morgan fingerprint density at radius 2 is 2.30 bits per heavy atom. The molecule has 2 aliphatic heterocycles. The van der Waals surface area contributed by atoms with Gasteiger partial charge in [0, 0.05) is 18.0 Å². The van der Waals surface area contributed by atoms with E-state index in [0.717, 1.165) is 38.9 Å². The van der Waals surface area contributed by atoms with Gasteiger partial charge < -0.3 is 10.6 Å². The van der Waals surface area contributed by atoms with E-state index in [1.807, 2.05) is 0 Å². The van der Waals surface area contributed by atoms with Crippen LogP contribution in [0.3, 0.4) is 0 Å². The minimum absolute atomic E-state index is 0. The minimum atomic E-state index is -0.0334. The van der Waals surface area contributed by atoms with Crippen LogP contribution in [0.1, 0.15) is 44.0 Å². The van der Waals surface area contributed by atoms with Gasteiger partial charge in [-0.3, -0.25) is 9.69 Å². The number of nitrogens with two attached hydrogens (primary N) is 1. The van der Waals surface area contributed by atoms with Gasteiger partial charge >= 0.3 is 0 Å². The van der Waals surface area contributed by atoms with Gasteiger partial charge in [-0.25, -0.2) is 0 Å². The van der Waals surface area contributed by atoms with Crippen molar-refractivity contribution in [1.29, 1.82) is 0 Å². The molecule has 0 radical (unpaired) electrons. The van der Waals surface area contributed by atoms with Crippen LogP contribution in [0, 0.1) is 5.41 Å². The SMILES string of the molecule is CC(C(=O)N1CCCC1c1cccs1)N1CCC(C)(CN)C1.Cl. The standard InChI is InChI=1S/C17H27N3OS.ClH/c1-13(19-9-7-17(2,11-18)12-19)16(21)20-8-3-5-14(20)15-6-4-10-22-15;/h4,6,10,13-14H,3,5,7-9,11-12,18H2,1-2H3;1H. The third-order valence-corrected chi connectivity index (χ3v) is 6.37. The smallest absolute Gasteiger partial charge is 0.240 e. The number of hydrogen-bond acceptors (Lipinski definition) is 4. The molecule has 0 aliphatic carbocycles. The zero-order valence-corrected chi connectivity index (χ0v) is 15.7. The molecule has 2 N–H and O–H groups in total. The van der Waals surface area contributed by atoms with Crippen molar-refractivity contribution >= 4 is 29.7 Å². The van der Waals surface area contributed by atoms with Crippen molar-refractivity contribution in [3.8, 4) is 0 Å². The molecule has 0 bridgehead atoms. The Labute approximate surface area is 149 Å². The Balaban J connectivity index is 0.00000192. The van der Waals surface area contributed by atoms with Crippen LogP contribution in [0.25, 0.3) is 0 Å². The number of likely N-dealkylation sites (tertiary alicyclic amines) is 2. The van der Waals surface area contributed by atoms with Gasteiger partial charge in [-0.2, -0.15) is 0 Å². The summed E-state index contributed by atoms with van der Waals surface area (Å²) in [7, 11) is 0. The van der Waals surface area contributed by atoms with Gasteiger partial charge in [-0.15, -0.1) is 23.7 Å². The van der Waals surface area contributed by atoms with Gasteiger partial charge in [0.25, 0.3) is 0 Å².